The molecular formula is C19H20N6O2. The number of benzene rings is 1. The van der Waals surface area contributed by atoms with E-state index < -0.39 is 0 Å². The van der Waals surface area contributed by atoms with E-state index >= 15 is 0 Å². The van der Waals surface area contributed by atoms with Crippen molar-refractivity contribution in [1.82, 2.24) is 24.8 Å². The fourth-order valence-electron chi connectivity index (χ4n) is 3.07. The van der Waals surface area contributed by atoms with Crippen molar-refractivity contribution in [3.05, 3.63) is 48.5 Å². The van der Waals surface area contributed by atoms with Crippen LogP contribution in [0.1, 0.15) is 16.8 Å². The molecule has 3 heterocycles. The molecule has 1 amide bonds. The maximum absolute atomic E-state index is 12.8. The van der Waals surface area contributed by atoms with Crippen LogP contribution in [0.4, 0.5) is 5.82 Å². The summed E-state index contributed by atoms with van der Waals surface area (Å²) in [5.74, 6) is 1.18. The summed E-state index contributed by atoms with van der Waals surface area (Å²) >= 11 is 0. The molecule has 2 aromatic heterocycles. The maximum atomic E-state index is 12.8. The Hall–Kier alpha value is -3.29. The predicted octanol–water partition coefficient (Wildman–Crippen LogP) is 1.78. The first kappa shape index (κ1) is 17.1. The average Bonchev–Trinajstić information content (AvgIpc) is 3.15. The molecule has 1 atom stereocenters. The molecule has 0 aliphatic carbocycles. The highest BCUT2D eigenvalue weighted by molar-refractivity contribution is 5.97. The Kier molecular flexibility index (Phi) is 4.53. The predicted molar refractivity (Wildman–Crippen MR) is 101 cm³/mol. The van der Waals surface area contributed by atoms with Crippen LogP contribution in [0.25, 0.3) is 11.0 Å². The van der Waals surface area contributed by atoms with Crippen molar-refractivity contribution in [1.29, 1.82) is 0 Å². The average molecular weight is 364 g/mol. The van der Waals surface area contributed by atoms with Gasteiger partial charge in [-0.25, -0.2) is 0 Å². The zero-order valence-electron chi connectivity index (χ0n) is 15.2. The first-order valence-corrected chi connectivity index (χ1v) is 8.76. The molecule has 8 heteroatoms. The van der Waals surface area contributed by atoms with Gasteiger partial charge in [0.15, 0.2) is 5.82 Å². The van der Waals surface area contributed by atoms with Crippen LogP contribution in [0.5, 0.6) is 5.88 Å². The third-order valence-corrected chi connectivity index (χ3v) is 4.49. The minimum Gasteiger partial charge on any atom is -0.471 e. The standard InChI is InChI=1S/C19H20N6O2/c1-24(2)17-10-20-11-18(23-17)27-14-5-8-25(12-14)19(26)13-3-4-15-16(9-13)22-7-6-21-15/h3-4,6-7,9-11,14H,5,8,12H2,1-2H3. The van der Waals surface area contributed by atoms with Gasteiger partial charge < -0.3 is 14.5 Å². The van der Waals surface area contributed by atoms with Gasteiger partial charge in [-0.15, -0.1) is 0 Å². The molecule has 0 spiro atoms. The minimum atomic E-state index is -0.0964. The molecule has 0 bridgehead atoms. The fraction of sp³-hybridized carbons (Fsp3) is 0.316. The third kappa shape index (κ3) is 3.64. The second-order valence-corrected chi connectivity index (χ2v) is 6.65. The van der Waals surface area contributed by atoms with Crippen molar-refractivity contribution in [2.24, 2.45) is 0 Å². The van der Waals surface area contributed by atoms with Crippen LogP contribution in [0.3, 0.4) is 0 Å². The van der Waals surface area contributed by atoms with Gasteiger partial charge in [0.25, 0.3) is 5.91 Å². The lowest BCUT2D eigenvalue weighted by Crippen LogP contribution is -2.31. The molecule has 3 aromatic rings. The van der Waals surface area contributed by atoms with Gasteiger partial charge in [0.05, 0.1) is 30.0 Å². The Labute approximate surface area is 156 Å². The van der Waals surface area contributed by atoms with Crippen LogP contribution in [0, 0.1) is 0 Å². The van der Waals surface area contributed by atoms with Crippen LogP contribution in [-0.4, -0.2) is 64.0 Å². The van der Waals surface area contributed by atoms with E-state index in [-0.39, 0.29) is 12.0 Å². The van der Waals surface area contributed by atoms with Crippen molar-refractivity contribution >= 4 is 22.8 Å². The van der Waals surface area contributed by atoms with E-state index in [2.05, 4.69) is 19.9 Å². The summed E-state index contributed by atoms with van der Waals surface area (Å²) in [6, 6.07) is 5.40. The Balaban J connectivity index is 1.44. The normalized spacial score (nSPS) is 16.5. The first-order chi connectivity index (χ1) is 13.1. The lowest BCUT2D eigenvalue weighted by Gasteiger charge is -2.18. The molecule has 1 unspecified atom stereocenters. The Morgan fingerprint density at radius 2 is 2.00 bits per heavy atom. The van der Waals surface area contributed by atoms with Crippen LogP contribution < -0.4 is 9.64 Å². The van der Waals surface area contributed by atoms with Crippen LogP contribution in [0.15, 0.2) is 43.0 Å². The number of carbonyl (C=O) groups excluding carboxylic acids is 1. The first-order valence-electron chi connectivity index (χ1n) is 8.76. The number of nitrogens with zero attached hydrogens (tertiary/aromatic N) is 6. The molecule has 1 aliphatic heterocycles. The summed E-state index contributed by atoms with van der Waals surface area (Å²) in [7, 11) is 3.80. The molecule has 0 radical (unpaired) electrons. The smallest absolute Gasteiger partial charge is 0.254 e. The van der Waals surface area contributed by atoms with E-state index in [4.69, 9.17) is 4.74 Å². The monoisotopic (exact) mass is 364 g/mol. The van der Waals surface area contributed by atoms with Crippen LogP contribution in [-0.2, 0) is 0 Å². The lowest BCUT2D eigenvalue weighted by atomic mass is 10.1. The van der Waals surface area contributed by atoms with Gasteiger partial charge in [-0.1, -0.05) is 0 Å². The van der Waals surface area contributed by atoms with Crippen LogP contribution in [0.2, 0.25) is 0 Å². The topological polar surface area (TPSA) is 84.3 Å². The Morgan fingerprint density at radius 1 is 1.19 bits per heavy atom. The van der Waals surface area contributed by atoms with Crippen molar-refractivity contribution < 1.29 is 9.53 Å². The highest BCUT2D eigenvalue weighted by atomic mass is 16.5. The number of likely N-dealkylation sites (tertiary alicyclic amines) is 1. The molecule has 1 fully saturated rings. The molecule has 8 nitrogen and oxygen atoms in total. The number of carbonyl (C=O) groups is 1. The fourth-order valence-corrected chi connectivity index (χ4v) is 3.07. The zero-order valence-corrected chi connectivity index (χ0v) is 15.2. The van der Waals surface area contributed by atoms with Crippen molar-refractivity contribution in [3.63, 3.8) is 0 Å². The zero-order chi connectivity index (χ0) is 18.8. The largest absolute Gasteiger partial charge is 0.471 e. The van der Waals surface area contributed by atoms with Crippen molar-refractivity contribution in [2.75, 3.05) is 32.1 Å². The molecule has 0 N–H and O–H groups in total. The second-order valence-electron chi connectivity index (χ2n) is 6.65. The van der Waals surface area contributed by atoms with E-state index in [0.29, 0.717) is 30.0 Å². The molecule has 4 rings (SSSR count). The number of hydrogen-bond donors (Lipinski definition) is 0. The maximum Gasteiger partial charge on any atom is 0.254 e. The molecular weight excluding hydrogens is 344 g/mol. The summed E-state index contributed by atoms with van der Waals surface area (Å²) < 4.78 is 5.94. The summed E-state index contributed by atoms with van der Waals surface area (Å²) in [6.45, 7) is 1.16. The summed E-state index contributed by atoms with van der Waals surface area (Å²) in [4.78, 5) is 33.6. The summed E-state index contributed by atoms with van der Waals surface area (Å²) in [5, 5.41) is 0. The number of anilines is 1. The molecule has 1 saturated heterocycles. The highest BCUT2D eigenvalue weighted by Crippen LogP contribution is 2.20. The van der Waals surface area contributed by atoms with Crippen LogP contribution >= 0.6 is 0 Å². The Morgan fingerprint density at radius 3 is 2.81 bits per heavy atom. The minimum absolute atomic E-state index is 0.0261. The highest BCUT2D eigenvalue weighted by Gasteiger charge is 2.29. The van der Waals surface area contributed by atoms with E-state index in [9.17, 15) is 4.79 Å². The quantitative estimate of drug-likeness (QED) is 0.698. The van der Waals surface area contributed by atoms with Gasteiger partial charge in [-0.2, -0.15) is 4.98 Å². The molecule has 0 saturated carbocycles. The van der Waals surface area contributed by atoms with Gasteiger partial charge in [-0.3, -0.25) is 19.7 Å². The summed E-state index contributed by atoms with van der Waals surface area (Å²) in [5.41, 5.74) is 2.10. The van der Waals surface area contributed by atoms with E-state index in [1.807, 2.05) is 25.1 Å². The van der Waals surface area contributed by atoms with Gasteiger partial charge in [-0.05, 0) is 18.2 Å². The lowest BCUT2D eigenvalue weighted by molar-refractivity contribution is 0.0771. The van der Waals surface area contributed by atoms with E-state index in [1.165, 1.54) is 0 Å². The Bertz CT molecular complexity index is 977. The molecule has 1 aliphatic rings. The van der Waals surface area contributed by atoms with E-state index in [1.54, 1.807) is 41.8 Å². The van der Waals surface area contributed by atoms with Gasteiger partial charge >= 0.3 is 0 Å². The second kappa shape index (κ2) is 7.14. The number of hydrogen-bond acceptors (Lipinski definition) is 7. The number of aromatic nitrogens is 4. The van der Waals surface area contributed by atoms with Gasteiger partial charge in [0.2, 0.25) is 5.88 Å². The van der Waals surface area contributed by atoms with Crippen molar-refractivity contribution in [3.8, 4) is 5.88 Å². The third-order valence-electron chi connectivity index (χ3n) is 4.49. The number of ether oxygens (including phenoxy) is 1. The number of amides is 1. The van der Waals surface area contributed by atoms with Gasteiger partial charge in [0.1, 0.15) is 6.10 Å². The number of fused-ring (bicyclic) bond motifs is 1. The van der Waals surface area contributed by atoms with Crippen molar-refractivity contribution in [2.45, 2.75) is 12.5 Å². The van der Waals surface area contributed by atoms with E-state index in [0.717, 1.165) is 17.8 Å². The molecule has 138 valence electrons. The SMILES string of the molecule is CN(C)c1cncc(OC2CCN(C(=O)c3ccc4nccnc4c3)C2)n1. The molecule has 27 heavy (non-hydrogen) atoms. The van der Waals surface area contributed by atoms with Gasteiger partial charge in [0, 0.05) is 45.0 Å². The number of rotatable bonds is 4. The molecule has 1 aromatic carbocycles. The summed E-state index contributed by atoms with van der Waals surface area (Å²) in [6.07, 6.45) is 7.20.